The molecule has 1 aromatic heterocycles. The molecule has 0 aliphatic carbocycles. The van der Waals surface area contributed by atoms with Gasteiger partial charge in [-0.3, -0.25) is 9.78 Å². The molecule has 0 amide bonds. The van der Waals surface area contributed by atoms with Gasteiger partial charge < -0.3 is 10.3 Å². The SMILES string of the molecule is Cc1[nH]c(=O)[nH]c(=O)c1Nc1ccc(Cl)cc1. The minimum Gasteiger partial charge on any atom is -0.350 e. The first-order chi connectivity index (χ1) is 8.06. The highest BCUT2D eigenvalue weighted by molar-refractivity contribution is 6.30. The van der Waals surface area contributed by atoms with E-state index in [0.717, 1.165) is 5.69 Å². The molecular weight excluding hydrogens is 242 g/mol. The fourth-order valence-corrected chi connectivity index (χ4v) is 1.55. The summed E-state index contributed by atoms with van der Waals surface area (Å²) in [4.78, 5) is 27.2. The summed E-state index contributed by atoms with van der Waals surface area (Å²) >= 11 is 5.75. The summed E-state index contributed by atoms with van der Waals surface area (Å²) in [5.41, 5.74) is 0.533. The lowest BCUT2D eigenvalue weighted by atomic mass is 10.3. The molecule has 3 N–H and O–H groups in total. The molecule has 2 aromatic rings. The molecular formula is C11H10ClN3O2. The van der Waals surface area contributed by atoms with Crippen LogP contribution in [-0.4, -0.2) is 9.97 Å². The van der Waals surface area contributed by atoms with Gasteiger partial charge in [-0.05, 0) is 31.2 Å². The van der Waals surface area contributed by atoms with Gasteiger partial charge in [-0.25, -0.2) is 4.79 Å². The number of H-pyrrole nitrogens is 2. The van der Waals surface area contributed by atoms with E-state index in [1.165, 1.54) is 0 Å². The van der Waals surface area contributed by atoms with Gasteiger partial charge in [0.15, 0.2) is 0 Å². The van der Waals surface area contributed by atoms with Gasteiger partial charge >= 0.3 is 5.69 Å². The standard InChI is InChI=1S/C11H10ClN3O2/c1-6-9(10(16)15-11(17)13-6)14-8-4-2-7(12)3-5-8/h2-5,14H,1H3,(H2,13,15,16,17). The smallest absolute Gasteiger partial charge is 0.326 e. The normalized spacial score (nSPS) is 10.2. The van der Waals surface area contributed by atoms with E-state index in [1.807, 2.05) is 0 Å². The Morgan fingerprint density at radius 2 is 1.76 bits per heavy atom. The molecule has 0 radical (unpaired) electrons. The molecule has 0 unspecified atom stereocenters. The number of aromatic nitrogens is 2. The van der Waals surface area contributed by atoms with Crippen LogP contribution < -0.4 is 16.6 Å². The molecule has 0 aliphatic rings. The molecule has 88 valence electrons. The van der Waals surface area contributed by atoms with Crippen molar-refractivity contribution in [3.05, 3.63) is 55.8 Å². The number of nitrogens with one attached hydrogen (secondary N) is 3. The third kappa shape index (κ3) is 2.57. The molecule has 0 aliphatic heterocycles. The fourth-order valence-electron chi connectivity index (χ4n) is 1.43. The number of halogens is 1. The molecule has 0 saturated carbocycles. The van der Waals surface area contributed by atoms with E-state index >= 15 is 0 Å². The van der Waals surface area contributed by atoms with E-state index in [1.54, 1.807) is 31.2 Å². The Balaban J connectivity index is 2.40. The third-order valence-corrected chi connectivity index (χ3v) is 2.50. The van der Waals surface area contributed by atoms with Gasteiger partial charge in [-0.15, -0.1) is 0 Å². The molecule has 0 fully saturated rings. The Kier molecular flexibility index (Phi) is 3.01. The lowest BCUT2D eigenvalue weighted by Gasteiger charge is -2.07. The summed E-state index contributed by atoms with van der Waals surface area (Å²) in [6.45, 7) is 1.65. The third-order valence-electron chi connectivity index (χ3n) is 2.24. The Hall–Kier alpha value is -2.01. The molecule has 6 heteroatoms. The number of hydrogen-bond donors (Lipinski definition) is 3. The molecule has 1 heterocycles. The van der Waals surface area contributed by atoms with Crippen LogP contribution in [0.3, 0.4) is 0 Å². The summed E-state index contributed by atoms with van der Waals surface area (Å²) in [5.74, 6) is 0. The summed E-state index contributed by atoms with van der Waals surface area (Å²) in [6.07, 6.45) is 0. The number of anilines is 2. The summed E-state index contributed by atoms with van der Waals surface area (Å²) in [7, 11) is 0. The zero-order valence-electron chi connectivity index (χ0n) is 9.00. The lowest BCUT2D eigenvalue weighted by Crippen LogP contribution is -2.25. The first-order valence-corrected chi connectivity index (χ1v) is 5.30. The van der Waals surface area contributed by atoms with Crippen LogP contribution in [0.15, 0.2) is 33.9 Å². The van der Waals surface area contributed by atoms with Gasteiger partial charge in [0, 0.05) is 16.4 Å². The predicted octanol–water partition coefficient (Wildman–Crippen LogP) is 1.77. The maximum absolute atomic E-state index is 11.6. The topological polar surface area (TPSA) is 77.8 Å². The van der Waals surface area contributed by atoms with Crippen molar-refractivity contribution in [3.8, 4) is 0 Å². The minimum absolute atomic E-state index is 0.312. The highest BCUT2D eigenvalue weighted by Gasteiger charge is 2.05. The second kappa shape index (κ2) is 4.47. The molecule has 2 rings (SSSR count). The summed E-state index contributed by atoms with van der Waals surface area (Å²) in [5, 5.41) is 3.54. The maximum atomic E-state index is 11.6. The van der Waals surface area contributed by atoms with Crippen LogP contribution >= 0.6 is 11.6 Å². The quantitative estimate of drug-likeness (QED) is 0.761. The van der Waals surface area contributed by atoms with E-state index in [2.05, 4.69) is 15.3 Å². The first kappa shape index (κ1) is 11.5. The molecule has 0 atom stereocenters. The van der Waals surface area contributed by atoms with E-state index < -0.39 is 11.2 Å². The summed E-state index contributed by atoms with van der Waals surface area (Å²) < 4.78 is 0. The van der Waals surface area contributed by atoms with Crippen molar-refractivity contribution in [1.29, 1.82) is 0 Å². The van der Waals surface area contributed by atoms with Crippen molar-refractivity contribution in [1.82, 2.24) is 9.97 Å². The number of aromatic amines is 2. The van der Waals surface area contributed by atoms with E-state index in [-0.39, 0.29) is 0 Å². The van der Waals surface area contributed by atoms with E-state index in [0.29, 0.717) is 16.4 Å². The van der Waals surface area contributed by atoms with Gasteiger partial charge in [-0.2, -0.15) is 0 Å². The van der Waals surface area contributed by atoms with Crippen LogP contribution in [0.1, 0.15) is 5.69 Å². The number of aryl methyl sites for hydroxylation is 1. The van der Waals surface area contributed by atoms with Gasteiger partial charge in [0.1, 0.15) is 5.69 Å². The summed E-state index contributed by atoms with van der Waals surface area (Å²) in [6, 6.07) is 6.90. The van der Waals surface area contributed by atoms with Crippen LogP contribution in [0.4, 0.5) is 11.4 Å². The molecule has 0 spiro atoms. The highest BCUT2D eigenvalue weighted by Crippen LogP contribution is 2.17. The average Bonchev–Trinajstić information content (AvgIpc) is 2.26. The zero-order valence-corrected chi connectivity index (χ0v) is 9.76. The molecule has 1 aromatic carbocycles. The fraction of sp³-hybridized carbons (Fsp3) is 0.0909. The second-order valence-corrected chi connectivity index (χ2v) is 3.98. The van der Waals surface area contributed by atoms with Gasteiger partial charge in [0.25, 0.3) is 5.56 Å². The largest absolute Gasteiger partial charge is 0.350 e. The van der Waals surface area contributed by atoms with Crippen molar-refractivity contribution in [2.75, 3.05) is 5.32 Å². The zero-order chi connectivity index (χ0) is 12.4. The Morgan fingerprint density at radius 3 is 2.35 bits per heavy atom. The predicted molar refractivity (Wildman–Crippen MR) is 67.2 cm³/mol. The maximum Gasteiger partial charge on any atom is 0.326 e. The minimum atomic E-state index is -0.519. The average molecular weight is 252 g/mol. The van der Waals surface area contributed by atoms with Crippen LogP contribution in [-0.2, 0) is 0 Å². The monoisotopic (exact) mass is 251 g/mol. The molecule has 5 nitrogen and oxygen atoms in total. The lowest BCUT2D eigenvalue weighted by molar-refractivity contribution is 0.998. The molecule has 0 saturated heterocycles. The van der Waals surface area contributed by atoms with Crippen LogP contribution in [0.2, 0.25) is 5.02 Å². The van der Waals surface area contributed by atoms with Crippen LogP contribution in [0.5, 0.6) is 0 Å². The van der Waals surface area contributed by atoms with Crippen LogP contribution in [0.25, 0.3) is 0 Å². The van der Waals surface area contributed by atoms with Crippen LogP contribution in [0, 0.1) is 6.92 Å². The Labute approximate surface area is 101 Å². The number of rotatable bonds is 2. The van der Waals surface area contributed by atoms with Crippen molar-refractivity contribution in [2.45, 2.75) is 6.92 Å². The van der Waals surface area contributed by atoms with Crippen molar-refractivity contribution < 1.29 is 0 Å². The first-order valence-electron chi connectivity index (χ1n) is 4.92. The van der Waals surface area contributed by atoms with Gasteiger partial charge in [0.2, 0.25) is 0 Å². The van der Waals surface area contributed by atoms with Crippen molar-refractivity contribution >= 4 is 23.0 Å². The second-order valence-electron chi connectivity index (χ2n) is 3.54. The number of hydrogen-bond acceptors (Lipinski definition) is 3. The van der Waals surface area contributed by atoms with E-state index in [9.17, 15) is 9.59 Å². The van der Waals surface area contributed by atoms with Gasteiger partial charge in [0.05, 0.1) is 0 Å². The van der Waals surface area contributed by atoms with E-state index in [4.69, 9.17) is 11.6 Å². The number of benzene rings is 1. The van der Waals surface area contributed by atoms with Crippen molar-refractivity contribution in [3.63, 3.8) is 0 Å². The van der Waals surface area contributed by atoms with Crippen molar-refractivity contribution in [2.24, 2.45) is 0 Å². The molecule has 17 heavy (non-hydrogen) atoms. The highest BCUT2D eigenvalue weighted by atomic mass is 35.5. The van der Waals surface area contributed by atoms with Gasteiger partial charge in [-0.1, -0.05) is 11.6 Å². The molecule has 0 bridgehead atoms. The Bertz CT molecular complexity index is 643. The Morgan fingerprint density at radius 1 is 1.12 bits per heavy atom.